The molecule has 2 rings (SSSR count). The second-order valence-electron chi connectivity index (χ2n) is 4.98. The van der Waals surface area contributed by atoms with Crippen molar-refractivity contribution >= 4 is 5.91 Å². The quantitative estimate of drug-likeness (QED) is 0.704. The Kier molecular flexibility index (Phi) is 2.52. The Hall–Kier alpha value is -0.570. The van der Waals surface area contributed by atoms with Crippen molar-refractivity contribution in [2.24, 2.45) is 11.8 Å². The molecule has 2 unspecified atom stereocenters. The molecule has 2 atom stereocenters. The molecule has 1 amide bonds. The molecular weight excluding hydrogens is 176 g/mol. The van der Waals surface area contributed by atoms with Gasteiger partial charge in [-0.05, 0) is 31.7 Å². The first-order valence-corrected chi connectivity index (χ1v) is 5.67. The third-order valence-corrected chi connectivity index (χ3v) is 3.79. The summed E-state index contributed by atoms with van der Waals surface area (Å²) < 4.78 is 0. The van der Waals surface area contributed by atoms with Crippen molar-refractivity contribution in [3.05, 3.63) is 0 Å². The van der Waals surface area contributed by atoms with Crippen molar-refractivity contribution in [2.75, 3.05) is 13.1 Å². The highest BCUT2D eigenvalue weighted by atomic mass is 16.1. The van der Waals surface area contributed by atoms with Gasteiger partial charge in [0.1, 0.15) is 0 Å². The van der Waals surface area contributed by atoms with Crippen LogP contribution in [-0.4, -0.2) is 24.5 Å². The molecule has 1 aliphatic carbocycles. The first kappa shape index (κ1) is 9.97. The van der Waals surface area contributed by atoms with Gasteiger partial charge in [0, 0.05) is 18.0 Å². The van der Waals surface area contributed by atoms with Crippen LogP contribution in [-0.2, 0) is 4.79 Å². The number of rotatable bonds is 3. The number of carbonyl (C=O) groups excluding carboxylic acids is 1. The van der Waals surface area contributed by atoms with Gasteiger partial charge in [-0.15, -0.1) is 0 Å². The van der Waals surface area contributed by atoms with Crippen molar-refractivity contribution in [3.8, 4) is 0 Å². The fraction of sp³-hybridized carbons (Fsp3) is 0.909. The van der Waals surface area contributed by atoms with E-state index in [1.54, 1.807) is 0 Å². The minimum Gasteiger partial charge on any atom is -0.354 e. The molecule has 3 nitrogen and oxygen atoms in total. The van der Waals surface area contributed by atoms with Gasteiger partial charge in [-0.1, -0.05) is 13.8 Å². The molecule has 1 heterocycles. The lowest BCUT2D eigenvalue weighted by molar-refractivity contribution is -0.124. The summed E-state index contributed by atoms with van der Waals surface area (Å²) >= 11 is 0. The van der Waals surface area contributed by atoms with Gasteiger partial charge in [-0.25, -0.2) is 0 Å². The average molecular weight is 196 g/mol. The van der Waals surface area contributed by atoms with Crippen LogP contribution in [0.15, 0.2) is 0 Å². The minimum absolute atomic E-state index is 0.103. The Bertz CT molecular complexity index is 239. The predicted molar refractivity (Wildman–Crippen MR) is 55.9 cm³/mol. The molecule has 2 aliphatic rings. The molecule has 3 heteroatoms. The Labute approximate surface area is 85.6 Å². The van der Waals surface area contributed by atoms with Gasteiger partial charge >= 0.3 is 0 Å². The molecule has 0 bridgehead atoms. The zero-order valence-corrected chi connectivity index (χ0v) is 9.10. The lowest BCUT2D eigenvalue weighted by Crippen LogP contribution is -2.59. The van der Waals surface area contributed by atoms with E-state index in [1.807, 2.05) is 13.8 Å². The van der Waals surface area contributed by atoms with Crippen LogP contribution in [0, 0.1) is 11.8 Å². The summed E-state index contributed by atoms with van der Waals surface area (Å²) in [4.78, 5) is 11.4. The van der Waals surface area contributed by atoms with Gasteiger partial charge in [0.25, 0.3) is 0 Å². The van der Waals surface area contributed by atoms with E-state index in [1.165, 1.54) is 19.3 Å². The molecule has 14 heavy (non-hydrogen) atoms. The second-order valence-corrected chi connectivity index (χ2v) is 4.98. The van der Waals surface area contributed by atoms with E-state index < -0.39 is 0 Å². The minimum atomic E-state index is 0.103. The van der Waals surface area contributed by atoms with Crippen molar-refractivity contribution in [1.29, 1.82) is 0 Å². The molecular formula is C11H20N2O. The summed E-state index contributed by atoms with van der Waals surface area (Å²) in [6, 6.07) is 0. The van der Waals surface area contributed by atoms with Crippen LogP contribution in [0.2, 0.25) is 0 Å². The Balaban J connectivity index is 1.83. The van der Waals surface area contributed by atoms with Gasteiger partial charge in [0.15, 0.2) is 0 Å². The molecule has 0 aromatic heterocycles. The second kappa shape index (κ2) is 3.54. The molecule has 0 aromatic carbocycles. The zero-order chi connectivity index (χ0) is 10.2. The lowest BCUT2D eigenvalue weighted by Gasteiger charge is -2.45. The standard InChI is InChI=1S/C11H20N2O/c1-8(2)10(14)12-7-11-5-3-9(11)4-6-13-11/h8-9,13H,3-7H2,1-2H3,(H,12,14). The highest BCUT2D eigenvalue weighted by Crippen LogP contribution is 2.43. The van der Waals surface area contributed by atoms with Gasteiger partial charge in [0.05, 0.1) is 0 Å². The van der Waals surface area contributed by atoms with E-state index in [9.17, 15) is 4.79 Å². The summed E-state index contributed by atoms with van der Waals surface area (Å²) in [6.07, 6.45) is 3.86. The summed E-state index contributed by atoms with van der Waals surface area (Å²) in [7, 11) is 0. The summed E-state index contributed by atoms with van der Waals surface area (Å²) in [6.45, 7) is 5.83. The van der Waals surface area contributed by atoms with Gasteiger partial charge in [-0.2, -0.15) is 0 Å². The third-order valence-electron chi connectivity index (χ3n) is 3.79. The monoisotopic (exact) mass is 196 g/mol. The van der Waals surface area contributed by atoms with E-state index in [0.717, 1.165) is 19.0 Å². The number of nitrogens with one attached hydrogen (secondary N) is 2. The highest BCUT2D eigenvalue weighted by Gasteiger charge is 2.49. The first-order chi connectivity index (χ1) is 6.64. The molecule has 80 valence electrons. The predicted octanol–water partition coefficient (Wildman–Crippen LogP) is 0.901. The fourth-order valence-electron chi connectivity index (χ4n) is 2.59. The topological polar surface area (TPSA) is 41.1 Å². The van der Waals surface area contributed by atoms with Crippen LogP contribution >= 0.6 is 0 Å². The number of carbonyl (C=O) groups is 1. The molecule has 0 radical (unpaired) electrons. The SMILES string of the molecule is CC(C)C(=O)NCC12CCC1CCN2. The van der Waals surface area contributed by atoms with E-state index in [-0.39, 0.29) is 17.4 Å². The van der Waals surface area contributed by atoms with Crippen LogP contribution in [0.5, 0.6) is 0 Å². The van der Waals surface area contributed by atoms with Crippen molar-refractivity contribution in [2.45, 2.75) is 38.6 Å². The zero-order valence-electron chi connectivity index (χ0n) is 9.10. The van der Waals surface area contributed by atoms with Crippen molar-refractivity contribution in [1.82, 2.24) is 10.6 Å². The van der Waals surface area contributed by atoms with Crippen LogP contribution in [0.1, 0.15) is 33.1 Å². The smallest absolute Gasteiger partial charge is 0.222 e. The summed E-state index contributed by atoms with van der Waals surface area (Å²) in [5.41, 5.74) is 0.268. The molecule has 0 aromatic rings. The van der Waals surface area contributed by atoms with Crippen molar-refractivity contribution in [3.63, 3.8) is 0 Å². The number of hydrogen-bond acceptors (Lipinski definition) is 2. The van der Waals surface area contributed by atoms with E-state index >= 15 is 0 Å². The number of hydrogen-bond donors (Lipinski definition) is 2. The maximum atomic E-state index is 11.4. The largest absolute Gasteiger partial charge is 0.354 e. The number of fused-ring (bicyclic) bond motifs is 1. The van der Waals surface area contributed by atoms with Gasteiger partial charge < -0.3 is 10.6 Å². The molecule has 1 saturated heterocycles. The van der Waals surface area contributed by atoms with Crippen LogP contribution < -0.4 is 10.6 Å². The first-order valence-electron chi connectivity index (χ1n) is 5.67. The molecule has 1 aliphatic heterocycles. The molecule has 0 spiro atoms. The molecule has 1 saturated carbocycles. The van der Waals surface area contributed by atoms with Gasteiger partial charge in [-0.3, -0.25) is 4.79 Å². The van der Waals surface area contributed by atoms with Crippen LogP contribution in [0.25, 0.3) is 0 Å². The van der Waals surface area contributed by atoms with E-state index in [2.05, 4.69) is 10.6 Å². The Morgan fingerprint density at radius 2 is 2.36 bits per heavy atom. The van der Waals surface area contributed by atoms with Gasteiger partial charge in [0.2, 0.25) is 5.91 Å². The lowest BCUT2D eigenvalue weighted by atomic mass is 9.68. The Morgan fingerprint density at radius 3 is 2.86 bits per heavy atom. The summed E-state index contributed by atoms with van der Waals surface area (Å²) in [5, 5.41) is 6.59. The molecule has 2 fully saturated rings. The van der Waals surface area contributed by atoms with Crippen molar-refractivity contribution < 1.29 is 4.79 Å². The summed E-state index contributed by atoms with van der Waals surface area (Å²) in [5.74, 6) is 1.10. The maximum absolute atomic E-state index is 11.4. The third kappa shape index (κ3) is 1.54. The fourth-order valence-corrected chi connectivity index (χ4v) is 2.59. The van der Waals surface area contributed by atoms with Crippen LogP contribution in [0.4, 0.5) is 0 Å². The van der Waals surface area contributed by atoms with Crippen LogP contribution in [0.3, 0.4) is 0 Å². The van der Waals surface area contributed by atoms with E-state index in [0.29, 0.717) is 0 Å². The Morgan fingerprint density at radius 1 is 1.57 bits per heavy atom. The van der Waals surface area contributed by atoms with E-state index in [4.69, 9.17) is 0 Å². The average Bonchev–Trinajstić information content (AvgIpc) is 2.40. The highest BCUT2D eigenvalue weighted by molar-refractivity contribution is 5.77. The molecule has 2 N–H and O–H groups in total. The number of amides is 1. The normalized spacial score (nSPS) is 35.2. The maximum Gasteiger partial charge on any atom is 0.222 e.